The smallest absolute Gasteiger partial charge is 0.271 e. The molecule has 2 N–H and O–H groups in total. The van der Waals surface area contributed by atoms with Crippen molar-refractivity contribution in [2.75, 3.05) is 31.1 Å². The third kappa shape index (κ3) is 3.54. The van der Waals surface area contributed by atoms with Crippen LogP contribution < -0.4 is 10.6 Å². The maximum absolute atomic E-state index is 12.2. The van der Waals surface area contributed by atoms with Gasteiger partial charge in [0.15, 0.2) is 0 Å². The van der Waals surface area contributed by atoms with Crippen LogP contribution in [0.5, 0.6) is 0 Å². The molecule has 1 aromatic carbocycles. The van der Waals surface area contributed by atoms with Crippen LogP contribution in [0.1, 0.15) is 13.8 Å². The maximum Gasteiger partial charge on any atom is 0.271 e. The predicted molar refractivity (Wildman–Crippen MR) is 84.7 cm³/mol. The van der Waals surface area contributed by atoms with E-state index in [0.717, 1.165) is 5.69 Å². The van der Waals surface area contributed by atoms with Crippen LogP contribution in [0.25, 0.3) is 0 Å². The molecule has 1 amide bonds. The van der Waals surface area contributed by atoms with Crippen molar-refractivity contribution in [2.24, 2.45) is 11.7 Å². The lowest BCUT2D eigenvalue weighted by Crippen LogP contribution is -2.54. The van der Waals surface area contributed by atoms with Gasteiger partial charge in [-0.15, -0.1) is 0 Å². The molecule has 0 aliphatic carbocycles. The molecular formula is C15H22N4O3. The standard InChI is InChI=1S/C15H22N4O3/c1-11(2)14(16)15(20)18-8-6-17(7-9-18)12-4-3-5-13(10-12)19(21)22/h3-5,10-11,14H,6-9,16H2,1-2H3/t14-/m1/s1. The highest BCUT2D eigenvalue weighted by molar-refractivity contribution is 5.82. The quantitative estimate of drug-likeness (QED) is 0.667. The van der Waals surface area contributed by atoms with Crippen LogP contribution in [0, 0.1) is 16.0 Å². The zero-order valence-corrected chi connectivity index (χ0v) is 12.9. The van der Waals surface area contributed by atoms with Crippen molar-refractivity contribution in [1.29, 1.82) is 0 Å². The Hall–Kier alpha value is -2.15. The summed E-state index contributed by atoms with van der Waals surface area (Å²) in [4.78, 5) is 26.5. The summed E-state index contributed by atoms with van der Waals surface area (Å²) < 4.78 is 0. The molecule has 7 nitrogen and oxygen atoms in total. The van der Waals surface area contributed by atoms with Crippen molar-refractivity contribution in [1.82, 2.24) is 4.90 Å². The first-order valence-corrected chi connectivity index (χ1v) is 7.44. The van der Waals surface area contributed by atoms with E-state index in [4.69, 9.17) is 5.73 Å². The van der Waals surface area contributed by atoms with E-state index in [1.54, 1.807) is 17.0 Å². The van der Waals surface area contributed by atoms with Gasteiger partial charge in [0.05, 0.1) is 11.0 Å². The minimum atomic E-state index is -0.468. The molecule has 0 saturated carbocycles. The van der Waals surface area contributed by atoms with E-state index in [1.165, 1.54) is 6.07 Å². The number of piperazine rings is 1. The first kappa shape index (κ1) is 16.2. The molecule has 0 spiro atoms. The van der Waals surface area contributed by atoms with Gasteiger partial charge in [0.25, 0.3) is 5.69 Å². The van der Waals surface area contributed by atoms with E-state index >= 15 is 0 Å². The molecule has 0 bridgehead atoms. The van der Waals surface area contributed by atoms with Crippen molar-refractivity contribution in [3.63, 3.8) is 0 Å². The molecule has 1 atom stereocenters. The van der Waals surface area contributed by atoms with Crippen LogP contribution in [-0.4, -0.2) is 48.0 Å². The summed E-state index contributed by atoms with van der Waals surface area (Å²) in [5, 5.41) is 10.8. The number of amides is 1. The molecule has 1 aliphatic heterocycles. The van der Waals surface area contributed by atoms with Crippen molar-refractivity contribution < 1.29 is 9.72 Å². The third-order valence-electron chi connectivity index (χ3n) is 4.00. The summed E-state index contributed by atoms with van der Waals surface area (Å²) in [6.45, 7) is 6.34. The van der Waals surface area contributed by atoms with Crippen LogP contribution in [-0.2, 0) is 4.79 Å². The highest BCUT2D eigenvalue weighted by atomic mass is 16.6. The predicted octanol–water partition coefficient (Wildman–Crippen LogP) is 1.23. The highest BCUT2D eigenvalue weighted by Gasteiger charge is 2.27. The molecule has 1 heterocycles. The Morgan fingerprint density at radius 1 is 1.27 bits per heavy atom. The largest absolute Gasteiger partial charge is 0.368 e. The van der Waals surface area contributed by atoms with E-state index in [1.807, 2.05) is 19.9 Å². The minimum Gasteiger partial charge on any atom is -0.368 e. The number of hydrogen-bond acceptors (Lipinski definition) is 5. The van der Waals surface area contributed by atoms with Gasteiger partial charge in [0.2, 0.25) is 5.91 Å². The molecule has 1 fully saturated rings. The lowest BCUT2D eigenvalue weighted by atomic mass is 10.0. The van der Waals surface area contributed by atoms with Crippen LogP contribution in [0.2, 0.25) is 0 Å². The van der Waals surface area contributed by atoms with Crippen LogP contribution in [0.3, 0.4) is 0 Å². The van der Waals surface area contributed by atoms with Gasteiger partial charge in [0, 0.05) is 44.0 Å². The molecular weight excluding hydrogens is 284 g/mol. The highest BCUT2D eigenvalue weighted by Crippen LogP contribution is 2.22. The van der Waals surface area contributed by atoms with E-state index in [0.29, 0.717) is 26.2 Å². The Morgan fingerprint density at radius 3 is 2.45 bits per heavy atom. The number of nitrogens with two attached hydrogens (primary N) is 1. The fourth-order valence-corrected chi connectivity index (χ4v) is 2.48. The molecule has 1 aromatic rings. The normalized spacial score (nSPS) is 16.7. The number of hydrogen-bond donors (Lipinski definition) is 1. The van der Waals surface area contributed by atoms with Crippen molar-refractivity contribution in [2.45, 2.75) is 19.9 Å². The van der Waals surface area contributed by atoms with Gasteiger partial charge in [-0.3, -0.25) is 14.9 Å². The lowest BCUT2D eigenvalue weighted by Gasteiger charge is -2.37. The number of carbonyl (C=O) groups excluding carboxylic acids is 1. The average Bonchev–Trinajstić information content (AvgIpc) is 2.53. The van der Waals surface area contributed by atoms with Gasteiger partial charge < -0.3 is 15.5 Å². The van der Waals surface area contributed by atoms with Gasteiger partial charge in [-0.25, -0.2) is 0 Å². The van der Waals surface area contributed by atoms with Gasteiger partial charge in [-0.05, 0) is 12.0 Å². The SMILES string of the molecule is CC(C)[C@@H](N)C(=O)N1CCN(c2cccc([N+](=O)[O-])c2)CC1. The summed E-state index contributed by atoms with van der Waals surface area (Å²) in [6, 6.07) is 6.11. The number of nitro benzene ring substituents is 1. The first-order chi connectivity index (χ1) is 10.4. The molecule has 2 rings (SSSR count). The fraction of sp³-hybridized carbons (Fsp3) is 0.533. The Labute approximate surface area is 129 Å². The second-order valence-electron chi connectivity index (χ2n) is 5.86. The van der Waals surface area contributed by atoms with Crippen molar-refractivity contribution in [3.8, 4) is 0 Å². The molecule has 1 saturated heterocycles. The lowest BCUT2D eigenvalue weighted by molar-refractivity contribution is -0.384. The maximum atomic E-state index is 12.2. The summed E-state index contributed by atoms with van der Waals surface area (Å²) in [5.41, 5.74) is 6.81. The molecule has 1 aliphatic rings. The summed E-state index contributed by atoms with van der Waals surface area (Å²) in [6.07, 6.45) is 0. The third-order valence-corrected chi connectivity index (χ3v) is 4.00. The number of nitrogens with zero attached hydrogens (tertiary/aromatic N) is 3. The van der Waals surface area contributed by atoms with E-state index in [9.17, 15) is 14.9 Å². The molecule has 120 valence electrons. The van der Waals surface area contributed by atoms with Crippen LogP contribution >= 0.6 is 0 Å². The zero-order chi connectivity index (χ0) is 16.3. The number of benzene rings is 1. The molecule has 0 radical (unpaired) electrons. The van der Waals surface area contributed by atoms with E-state index in [2.05, 4.69) is 4.90 Å². The first-order valence-electron chi connectivity index (χ1n) is 7.44. The summed E-state index contributed by atoms with van der Waals surface area (Å²) in [5.74, 6) is 0.0935. The summed E-state index contributed by atoms with van der Waals surface area (Å²) in [7, 11) is 0. The van der Waals surface area contributed by atoms with Crippen LogP contribution in [0.4, 0.5) is 11.4 Å². The van der Waals surface area contributed by atoms with Gasteiger partial charge >= 0.3 is 0 Å². The topological polar surface area (TPSA) is 92.7 Å². The Kier molecular flexibility index (Phi) is 4.97. The van der Waals surface area contributed by atoms with Crippen LogP contribution in [0.15, 0.2) is 24.3 Å². The fourth-order valence-electron chi connectivity index (χ4n) is 2.48. The number of non-ortho nitro benzene ring substituents is 1. The van der Waals surface area contributed by atoms with Gasteiger partial charge in [0.1, 0.15) is 0 Å². The monoisotopic (exact) mass is 306 g/mol. The van der Waals surface area contributed by atoms with Gasteiger partial charge in [-0.2, -0.15) is 0 Å². The summed E-state index contributed by atoms with van der Waals surface area (Å²) >= 11 is 0. The zero-order valence-electron chi connectivity index (χ0n) is 12.9. The van der Waals surface area contributed by atoms with E-state index < -0.39 is 11.0 Å². The number of carbonyl (C=O) groups is 1. The molecule has 22 heavy (non-hydrogen) atoms. The number of rotatable bonds is 4. The van der Waals surface area contributed by atoms with Crippen molar-refractivity contribution in [3.05, 3.63) is 34.4 Å². The second-order valence-corrected chi connectivity index (χ2v) is 5.86. The Bertz CT molecular complexity index is 553. The average molecular weight is 306 g/mol. The number of nitro groups is 1. The van der Waals surface area contributed by atoms with Gasteiger partial charge in [-0.1, -0.05) is 19.9 Å². The van der Waals surface area contributed by atoms with E-state index in [-0.39, 0.29) is 17.5 Å². The molecule has 7 heteroatoms. The molecule has 0 unspecified atom stereocenters. The number of anilines is 1. The Balaban J connectivity index is 1.99. The molecule has 0 aromatic heterocycles. The van der Waals surface area contributed by atoms with Crippen molar-refractivity contribution >= 4 is 17.3 Å². The second kappa shape index (κ2) is 6.74. The Morgan fingerprint density at radius 2 is 1.91 bits per heavy atom. The minimum absolute atomic E-state index is 0.0197.